The lowest BCUT2D eigenvalue weighted by Gasteiger charge is -2.49. The molecule has 0 N–H and O–H groups in total. The van der Waals surface area contributed by atoms with Gasteiger partial charge in [0.1, 0.15) is 0 Å². The second-order valence-corrected chi connectivity index (χ2v) is 8.41. The van der Waals surface area contributed by atoms with Crippen LogP contribution in [0.25, 0.3) is 0 Å². The third-order valence-electron chi connectivity index (χ3n) is 7.62. The molecule has 4 aliphatic carbocycles. The molecule has 22 heavy (non-hydrogen) atoms. The van der Waals surface area contributed by atoms with Crippen LogP contribution in [0.4, 0.5) is 0 Å². The Balaban J connectivity index is 1.65. The van der Waals surface area contributed by atoms with Gasteiger partial charge >= 0.3 is 0 Å². The maximum absolute atomic E-state index is 3.78. The van der Waals surface area contributed by atoms with E-state index in [2.05, 4.69) is 25.3 Å². The second-order valence-electron chi connectivity index (χ2n) is 8.41. The smallest absolute Gasteiger partial charge is 0.0263 e. The molecule has 0 heteroatoms. The molecule has 5 atom stereocenters. The van der Waals surface area contributed by atoms with Crippen molar-refractivity contribution < 1.29 is 0 Å². The molecule has 0 aliphatic heterocycles. The number of fused-ring (bicyclic) bond motifs is 4. The molecule has 0 amide bonds. The molecule has 0 nitrogen and oxygen atoms in total. The van der Waals surface area contributed by atoms with Crippen LogP contribution in [0.5, 0.6) is 0 Å². The summed E-state index contributed by atoms with van der Waals surface area (Å²) in [7, 11) is 0. The molecule has 0 aromatic carbocycles. The van der Waals surface area contributed by atoms with E-state index in [0.29, 0.717) is 11.3 Å². The van der Waals surface area contributed by atoms with Crippen molar-refractivity contribution in [3.8, 4) is 11.8 Å². The van der Waals surface area contributed by atoms with E-state index < -0.39 is 0 Å². The second kappa shape index (κ2) is 5.59. The zero-order valence-electron chi connectivity index (χ0n) is 14.2. The first kappa shape index (κ1) is 14.6. The van der Waals surface area contributed by atoms with Gasteiger partial charge in [-0.15, -0.1) is 0 Å². The van der Waals surface area contributed by atoms with Gasteiger partial charge in [0.05, 0.1) is 0 Å². The summed E-state index contributed by atoms with van der Waals surface area (Å²) >= 11 is 0. The van der Waals surface area contributed by atoms with E-state index in [0.717, 1.165) is 17.8 Å². The van der Waals surface area contributed by atoms with E-state index in [9.17, 15) is 0 Å². The highest BCUT2D eigenvalue weighted by Gasteiger charge is 2.53. The molecule has 0 aromatic heterocycles. The Bertz CT molecular complexity index is 554. The fourth-order valence-corrected chi connectivity index (χ4v) is 6.49. The van der Waals surface area contributed by atoms with Gasteiger partial charge in [-0.05, 0) is 87.0 Å². The fraction of sp³-hybridized carbons (Fsp3) is 0.727. The number of hydrogen-bond donors (Lipinski definition) is 0. The molecule has 0 heterocycles. The number of rotatable bonds is 0. The quantitative estimate of drug-likeness (QED) is 0.385. The van der Waals surface area contributed by atoms with Crippen LogP contribution in [0.1, 0.15) is 71.1 Å². The highest BCUT2D eigenvalue weighted by molar-refractivity contribution is 5.30. The van der Waals surface area contributed by atoms with E-state index in [4.69, 9.17) is 0 Å². The Labute approximate surface area is 136 Å². The van der Waals surface area contributed by atoms with Gasteiger partial charge in [0, 0.05) is 5.92 Å². The van der Waals surface area contributed by atoms with E-state index >= 15 is 0 Å². The van der Waals surface area contributed by atoms with Crippen molar-refractivity contribution in [2.75, 3.05) is 0 Å². The van der Waals surface area contributed by atoms with Crippen molar-refractivity contribution in [1.82, 2.24) is 0 Å². The fourth-order valence-electron chi connectivity index (χ4n) is 6.49. The Hall–Kier alpha value is -0.960. The van der Waals surface area contributed by atoms with Gasteiger partial charge in [0.25, 0.3) is 0 Å². The van der Waals surface area contributed by atoms with E-state index in [1.807, 2.05) is 11.1 Å². The third-order valence-corrected chi connectivity index (χ3v) is 7.62. The minimum Gasteiger partial charge on any atom is -0.0946 e. The maximum atomic E-state index is 3.78. The normalized spacial score (nSPS) is 43.5. The van der Waals surface area contributed by atoms with Crippen molar-refractivity contribution in [3.05, 3.63) is 23.8 Å². The molecule has 4 rings (SSSR count). The maximum Gasteiger partial charge on any atom is 0.0263 e. The molecule has 4 aliphatic rings. The van der Waals surface area contributed by atoms with Gasteiger partial charge in [-0.2, -0.15) is 0 Å². The number of hydrogen-bond acceptors (Lipinski definition) is 0. The predicted octanol–water partition coefficient (Wildman–Crippen LogP) is 5.90. The highest BCUT2D eigenvalue weighted by Crippen LogP contribution is 2.62. The first-order chi connectivity index (χ1) is 10.7. The monoisotopic (exact) mass is 294 g/mol. The number of allylic oxidation sites excluding steroid dienone is 3. The van der Waals surface area contributed by atoms with Crippen LogP contribution in [0, 0.1) is 40.9 Å². The Morgan fingerprint density at radius 2 is 1.95 bits per heavy atom. The van der Waals surface area contributed by atoms with Crippen LogP contribution in [0.2, 0.25) is 0 Å². The van der Waals surface area contributed by atoms with Gasteiger partial charge in [-0.25, -0.2) is 0 Å². The van der Waals surface area contributed by atoms with E-state index in [-0.39, 0.29) is 0 Å². The molecule has 0 aromatic rings. The average Bonchev–Trinajstić information content (AvgIpc) is 2.89. The van der Waals surface area contributed by atoms with Gasteiger partial charge in [0.2, 0.25) is 0 Å². The van der Waals surface area contributed by atoms with Crippen LogP contribution < -0.4 is 0 Å². The minimum absolute atomic E-state index is 0.478. The zero-order valence-corrected chi connectivity index (χ0v) is 14.2. The van der Waals surface area contributed by atoms with Crippen molar-refractivity contribution in [2.24, 2.45) is 29.1 Å². The highest BCUT2D eigenvalue weighted by atomic mass is 14.6. The van der Waals surface area contributed by atoms with Gasteiger partial charge in [-0.1, -0.05) is 42.9 Å². The van der Waals surface area contributed by atoms with Crippen LogP contribution in [-0.2, 0) is 0 Å². The van der Waals surface area contributed by atoms with E-state index in [1.165, 1.54) is 64.2 Å². The molecule has 3 saturated carbocycles. The molecular formula is C22H30. The topological polar surface area (TPSA) is 0 Å². The third kappa shape index (κ3) is 2.12. The average molecular weight is 294 g/mol. The first-order valence-electron chi connectivity index (χ1n) is 9.58. The van der Waals surface area contributed by atoms with Crippen LogP contribution >= 0.6 is 0 Å². The van der Waals surface area contributed by atoms with Crippen molar-refractivity contribution in [2.45, 2.75) is 71.1 Å². The SMILES string of the molecule is C=CC#C[C@H]1CC[C@H]2[C@@H]3CCC4CCCCC4=C3CC[C@]12C. The van der Waals surface area contributed by atoms with Crippen molar-refractivity contribution in [3.63, 3.8) is 0 Å². The van der Waals surface area contributed by atoms with Gasteiger partial charge in [0.15, 0.2) is 0 Å². The summed E-state index contributed by atoms with van der Waals surface area (Å²) in [6.07, 6.45) is 16.1. The lowest BCUT2D eigenvalue weighted by Crippen LogP contribution is -2.40. The standard InChI is InChI=1S/C22H30/c1-3-4-8-17-11-13-21-20-12-10-16-7-5-6-9-18(16)19(20)14-15-22(17,21)2/h3,16-17,20-21H,1,5-7,9-15H2,2H3/t16?,17-,20+,21-,22+/m0/s1. The summed E-state index contributed by atoms with van der Waals surface area (Å²) in [4.78, 5) is 0. The van der Waals surface area contributed by atoms with Crippen LogP contribution in [0.3, 0.4) is 0 Å². The first-order valence-corrected chi connectivity index (χ1v) is 9.58. The molecule has 0 bridgehead atoms. The molecule has 0 radical (unpaired) electrons. The summed E-state index contributed by atoms with van der Waals surface area (Å²) in [6, 6.07) is 0. The van der Waals surface area contributed by atoms with E-state index in [1.54, 1.807) is 6.08 Å². The summed E-state index contributed by atoms with van der Waals surface area (Å²) in [5.74, 6) is 10.1. The van der Waals surface area contributed by atoms with Crippen LogP contribution in [0.15, 0.2) is 23.8 Å². The minimum atomic E-state index is 0.478. The van der Waals surface area contributed by atoms with Gasteiger partial charge in [-0.3, -0.25) is 0 Å². The summed E-state index contributed by atoms with van der Waals surface area (Å²) in [5.41, 5.74) is 4.35. The molecular weight excluding hydrogens is 264 g/mol. The van der Waals surface area contributed by atoms with Crippen molar-refractivity contribution in [1.29, 1.82) is 0 Å². The summed E-state index contributed by atoms with van der Waals surface area (Å²) < 4.78 is 0. The zero-order chi connectivity index (χ0) is 15.2. The summed E-state index contributed by atoms with van der Waals surface area (Å²) in [6.45, 7) is 6.34. The predicted molar refractivity (Wildman–Crippen MR) is 93.2 cm³/mol. The Morgan fingerprint density at radius 3 is 2.82 bits per heavy atom. The van der Waals surface area contributed by atoms with Crippen LogP contribution in [-0.4, -0.2) is 0 Å². The molecule has 3 fully saturated rings. The molecule has 118 valence electrons. The molecule has 1 unspecified atom stereocenters. The lowest BCUT2D eigenvalue weighted by molar-refractivity contribution is 0.0865. The van der Waals surface area contributed by atoms with Gasteiger partial charge < -0.3 is 0 Å². The largest absolute Gasteiger partial charge is 0.0946 e. The molecule has 0 saturated heterocycles. The Kier molecular flexibility index (Phi) is 3.72. The Morgan fingerprint density at radius 1 is 1.05 bits per heavy atom. The summed E-state index contributed by atoms with van der Waals surface area (Å²) in [5, 5.41) is 0. The molecule has 0 spiro atoms. The lowest BCUT2D eigenvalue weighted by atomic mass is 9.55. The van der Waals surface area contributed by atoms with Crippen molar-refractivity contribution >= 4 is 0 Å².